The van der Waals surface area contributed by atoms with Gasteiger partial charge in [0.25, 0.3) is 0 Å². The Morgan fingerprint density at radius 3 is 2.83 bits per heavy atom. The van der Waals surface area contributed by atoms with Gasteiger partial charge in [-0.25, -0.2) is 0 Å². The van der Waals surface area contributed by atoms with Gasteiger partial charge in [0.15, 0.2) is 0 Å². The maximum absolute atomic E-state index is 5.07. The van der Waals surface area contributed by atoms with Gasteiger partial charge in [-0.15, -0.1) is 0 Å². The Bertz CT molecular complexity index is 96.1. The SMILES string of the molecule is C1=CC2OC2C1. The maximum atomic E-state index is 5.07. The predicted octanol–water partition coefficient (Wildman–Crippen LogP) is 0.714. The smallest absolute Gasteiger partial charge is 0.103 e. The molecule has 0 aromatic rings. The molecule has 2 atom stereocenters. The second-order valence-electron chi connectivity index (χ2n) is 1.80. The second kappa shape index (κ2) is 0.684. The summed E-state index contributed by atoms with van der Waals surface area (Å²) in [6, 6.07) is 0. The molecule has 32 valence electrons. The normalized spacial score (nSPS) is 49.3. The third-order valence-electron chi connectivity index (χ3n) is 1.32. The van der Waals surface area contributed by atoms with Gasteiger partial charge in [-0.2, -0.15) is 0 Å². The van der Waals surface area contributed by atoms with Crippen LogP contribution in [0.1, 0.15) is 6.42 Å². The minimum atomic E-state index is 0.532. The molecule has 1 aliphatic heterocycles. The highest BCUT2D eigenvalue weighted by molar-refractivity contribution is 5.12. The molecule has 0 amide bonds. The first-order valence-corrected chi connectivity index (χ1v) is 2.29. The fourth-order valence-corrected chi connectivity index (χ4v) is 0.862. The van der Waals surface area contributed by atoms with Crippen molar-refractivity contribution in [2.75, 3.05) is 0 Å². The van der Waals surface area contributed by atoms with Crippen molar-refractivity contribution in [3.63, 3.8) is 0 Å². The maximum Gasteiger partial charge on any atom is 0.103 e. The highest BCUT2D eigenvalue weighted by Gasteiger charge is 2.38. The van der Waals surface area contributed by atoms with Gasteiger partial charge in [0.1, 0.15) is 6.10 Å². The number of hydrogen-bond donors (Lipinski definition) is 0. The third kappa shape index (κ3) is 0.197. The van der Waals surface area contributed by atoms with Crippen molar-refractivity contribution in [3.8, 4) is 0 Å². The van der Waals surface area contributed by atoms with E-state index in [9.17, 15) is 0 Å². The Hall–Kier alpha value is -0.300. The summed E-state index contributed by atoms with van der Waals surface area (Å²) >= 11 is 0. The first-order valence-electron chi connectivity index (χ1n) is 2.29. The summed E-state index contributed by atoms with van der Waals surface area (Å²) in [5.74, 6) is 0. The lowest BCUT2D eigenvalue weighted by Gasteiger charge is -1.71. The highest BCUT2D eigenvalue weighted by Crippen LogP contribution is 2.31. The van der Waals surface area contributed by atoms with Gasteiger partial charge in [-0.3, -0.25) is 0 Å². The molecule has 2 unspecified atom stereocenters. The van der Waals surface area contributed by atoms with E-state index in [1.54, 1.807) is 0 Å². The van der Waals surface area contributed by atoms with Gasteiger partial charge >= 0.3 is 0 Å². The Morgan fingerprint density at radius 2 is 2.67 bits per heavy atom. The van der Waals surface area contributed by atoms with Crippen molar-refractivity contribution in [2.45, 2.75) is 18.6 Å². The molecule has 1 heteroatoms. The van der Waals surface area contributed by atoms with E-state index in [4.69, 9.17) is 4.74 Å². The average molecular weight is 82.1 g/mol. The Morgan fingerprint density at radius 1 is 1.67 bits per heavy atom. The summed E-state index contributed by atoms with van der Waals surface area (Å²) in [4.78, 5) is 0. The fourth-order valence-electron chi connectivity index (χ4n) is 0.862. The van der Waals surface area contributed by atoms with Crippen LogP contribution in [0.3, 0.4) is 0 Å². The van der Waals surface area contributed by atoms with Crippen LogP contribution in [0.25, 0.3) is 0 Å². The van der Waals surface area contributed by atoms with E-state index >= 15 is 0 Å². The van der Waals surface area contributed by atoms with Gasteiger partial charge in [0, 0.05) is 0 Å². The lowest BCUT2D eigenvalue weighted by Crippen LogP contribution is -1.75. The minimum Gasteiger partial charge on any atom is -0.365 e. The number of epoxide rings is 1. The highest BCUT2D eigenvalue weighted by atomic mass is 16.6. The topological polar surface area (TPSA) is 12.5 Å². The summed E-state index contributed by atoms with van der Waals surface area (Å²) in [6.45, 7) is 0. The zero-order valence-corrected chi connectivity index (χ0v) is 3.42. The molecule has 0 aromatic heterocycles. The van der Waals surface area contributed by atoms with E-state index in [0.29, 0.717) is 12.2 Å². The van der Waals surface area contributed by atoms with Gasteiger partial charge < -0.3 is 4.74 Å². The number of fused-ring (bicyclic) bond motifs is 1. The molecule has 6 heavy (non-hydrogen) atoms. The zero-order valence-electron chi connectivity index (χ0n) is 3.42. The van der Waals surface area contributed by atoms with Gasteiger partial charge in [-0.1, -0.05) is 12.2 Å². The molecular weight excluding hydrogens is 76.1 g/mol. The summed E-state index contributed by atoms with van der Waals surface area (Å²) in [5, 5.41) is 0. The van der Waals surface area contributed by atoms with Crippen molar-refractivity contribution >= 4 is 0 Å². The average Bonchev–Trinajstić information content (AvgIpc) is 2.17. The Balaban J connectivity index is 2.26. The largest absolute Gasteiger partial charge is 0.365 e. The summed E-state index contributed by atoms with van der Waals surface area (Å²) in [6.07, 6.45) is 6.60. The molecule has 0 spiro atoms. The first kappa shape index (κ1) is 2.80. The zero-order chi connectivity index (χ0) is 3.98. The van der Waals surface area contributed by atoms with Crippen molar-refractivity contribution in [1.82, 2.24) is 0 Å². The molecule has 2 aliphatic rings. The molecule has 1 aliphatic carbocycles. The second-order valence-corrected chi connectivity index (χ2v) is 1.80. The van der Waals surface area contributed by atoms with Crippen LogP contribution in [-0.4, -0.2) is 12.2 Å². The summed E-state index contributed by atoms with van der Waals surface area (Å²) in [5.41, 5.74) is 0. The van der Waals surface area contributed by atoms with Gasteiger partial charge in [0.2, 0.25) is 0 Å². The molecule has 0 radical (unpaired) electrons. The number of ether oxygens (including phenoxy) is 1. The molecule has 1 fully saturated rings. The molecule has 0 N–H and O–H groups in total. The molecule has 0 bridgehead atoms. The molecule has 0 saturated carbocycles. The van der Waals surface area contributed by atoms with Crippen LogP contribution in [-0.2, 0) is 4.74 Å². The van der Waals surface area contributed by atoms with Crippen LogP contribution < -0.4 is 0 Å². The Kier molecular flexibility index (Phi) is 0.320. The van der Waals surface area contributed by atoms with E-state index in [1.165, 1.54) is 0 Å². The van der Waals surface area contributed by atoms with Crippen LogP contribution >= 0.6 is 0 Å². The van der Waals surface area contributed by atoms with Gasteiger partial charge in [-0.05, 0) is 6.42 Å². The number of rotatable bonds is 0. The van der Waals surface area contributed by atoms with Crippen LogP contribution in [0.15, 0.2) is 12.2 Å². The minimum absolute atomic E-state index is 0.532. The third-order valence-corrected chi connectivity index (χ3v) is 1.32. The predicted molar refractivity (Wildman–Crippen MR) is 22.4 cm³/mol. The van der Waals surface area contributed by atoms with Crippen molar-refractivity contribution in [3.05, 3.63) is 12.2 Å². The molecule has 0 aromatic carbocycles. The van der Waals surface area contributed by atoms with E-state index in [-0.39, 0.29) is 0 Å². The monoisotopic (exact) mass is 82.0 g/mol. The fraction of sp³-hybridized carbons (Fsp3) is 0.600. The van der Waals surface area contributed by atoms with E-state index in [2.05, 4.69) is 12.2 Å². The van der Waals surface area contributed by atoms with Crippen molar-refractivity contribution < 1.29 is 4.74 Å². The molecule has 1 nitrogen and oxygen atoms in total. The van der Waals surface area contributed by atoms with Crippen molar-refractivity contribution in [2.24, 2.45) is 0 Å². The van der Waals surface area contributed by atoms with E-state index in [0.717, 1.165) is 6.42 Å². The first-order chi connectivity index (χ1) is 2.97. The van der Waals surface area contributed by atoms with E-state index in [1.807, 2.05) is 0 Å². The Labute approximate surface area is 36.6 Å². The molecule has 2 rings (SSSR count). The van der Waals surface area contributed by atoms with Crippen LogP contribution in [0.5, 0.6) is 0 Å². The lowest BCUT2D eigenvalue weighted by atomic mass is 10.4. The quantitative estimate of drug-likeness (QED) is 0.310. The molecule has 1 heterocycles. The summed E-state index contributed by atoms with van der Waals surface area (Å²) < 4.78 is 5.07. The molecule has 1 saturated heterocycles. The number of hydrogen-bond acceptors (Lipinski definition) is 1. The van der Waals surface area contributed by atoms with Crippen LogP contribution in [0.4, 0.5) is 0 Å². The lowest BCUT2D eigenvalue weighted by molar-refractivity contribution is 0.382. The van der Waals surface area contributed by atoms with E-state index < -0.39 is 0 Å². The van der Waals surface area contributed by atoms with Gasteiger partial charge in [0.05, 0.1) is 6.10 Å². The summed E-state index contributed by atoms with van der Waals surface area (Å²) in [7, 11) is 0. The standard InChI is InChI=1S/C5H6O/c1-2-4-5(3-1)6-4/h1-2,4-5H,3H2. The molecular formula is C5H6O. The van der Waals surface area contributed by atoms with Crippen LogP contribution in [0.2, 0.25) is 0 Å². The van der Waals surface area contributed by atoms with Crippen molar-refractivity contribution in [1.29, 1.82) is 0 Å². The van der Waals surface area contributed by atoms with Crippen LogP contribution in [0, 0.1) is 0 Å².